The molecule has 0 aromatic heterocycles. The summed E-state index contributed by atoms with van der Waals surface area (Å²) in [5.41, 5.74) is -9.17. The van der Waals surface area contributed by atoms with E-state index in [4.69, 9.17) is 33.2 Å². The Balaban J connectivity index is 0.000000132. The summed E-state index contributed by atoms with van der Waals surface area (Å²) in [5, 5.41) is 30.7. The lowest BCUT2D eigenvalue weighted by atomic mass is 9.50. The van der Waals surface area contributed by atoms with Crippen LogP contribution in [0, 0.1) is 140 Å². The van der Waals surface area contributed by atoms with Gasteiger partial charge in [0, 0.05) is 24.7 Å². The maximum absolute atomic E-state index is 12.9. The topological polar surface area (TPSA) is 245 Å². The van der Waals surface area contributed by atoms with Gasteiger partial charge in [-0.05, 0) is 377 Å². The fraction of sp³-hybridized carbons (Fsp3) is 0.927. The molecule has 678 valence electrons. The standard InChI is InChI=1S/C17H24F6O3.2C17H28O2.2C16H26O3.C13H18O4/c1-4-14(2,3)13(24)26-12-7-9-5-10(11(12)6-9)8-15(25,16(18,19)20)17(21,22)23;2*1-5-16(2,3)15(18)19-17(4)13-7-11-6-12(9-13)10-14(17)8-11;2*1-4-14(2,3)13(17)19-16-8-11-5-12(9-16)7-15(18,6-11)10-16;1-3-6(2)12(14)16-10-7-4-8-9(5-7)13(15)17-11(8)10/h9-12,25H,4-8H2,1-3H3;2*11-14H,5-10H2,1-4H3;2*11-12,18H,4-10H2,1-3H3;6-11H,3-5H2,1-2H3. The van der Waals surface area contributed by atoms with Crippen LogP contribution in [-0.2, 0) is 66.7 Å². The number of rotatable bonds is 20. The van der Waals surface area contributed by atoms with Crippen molar-refractivity contribution < 1.29 is 108 Å². The van der Waals surface area contributed by atoms with Crippen LogP contribution in [0.15, 0.2) is 0 Å². The Morgan fingerprint density at radius 2 is 0.765 bits per heavy atom. The molecule has 0 spiro atoms. The van der Waals surface area contributed by atoms with Crippen molar-refractivity contribution in [3.63, 3.8) is 0 Å². The highest BCUT2D eigenvalue weighted by atomic mass is 19.4. The molecule has 1 heterocycles. The van der Waals surface area contributed by atoms with Crippen molar-refractivity contribution in [1.82, 2.24) is 0 Å². The van der Waals surface area contributed by atoms with Gasteiger partial charge in [0.15, 0.2) is 0 Å². The number of carbonyl (C=O) groups is 7. The van der Waals surface area contributed by atoms with Crippen molar-refractivity contribution in [3.8, 4) is 0 Å². The summed E-state index contributed by atoms with van der Waals surface area (Å²) in [5.74, 6) is 6.58. The number of esters is 7. The van der Waals surface area contributed by atoms with Crippen LogP contribution in [0.2, 0.25) is 0 Å². The minimum absolute atomic E-state index is 0.0185. The number of ether oxygens (including phenoxy) is 7. The van der Waals surface area contributed by atoms with E-state index in [2.05, 4.69) is 27.7 Å². The number of hydrogen-bond acceptors (Lipinski definition) is 17. The number of alkyl halides is 6. The smallest absolute Gasteiger partial charge is 0.426 e. The molecule has 20 saturated carbocycles. The van der Waals surface area contributed by atoms with Crippen LogP contribution in [0.1, 0.15) is 350 Å². The van der Waals surface area contributed by atoms with Gasteiger partial charge in [0.1, 0.15) is 40.7 Å². The molecule has 21 aliphatic rings. The lowest BCUT2D eigenvalue weighted by Crippen LogP contribution is -2.61. The van der Waals surface area contributed by atoms with E-state index >= 15 is 0 Å². The van der Waals surface area contributed by atoms with Crippen molar-refractivity contribution in [2.45, 2.75) is 420 Å². The van der Waals surface area contributed by atoms with E-state index in [0.717, 1.165) is 120 Å². The van der Waals surface area contributed by atoms with Gasteiger partial charge in [0.05, 0.1) is 50.1 Å². The first-order valence-electron chi connectivity index (χ1n) is 46.8. The van der Waals surface area contributed by atoms with Gasteiger partial charge < -0.3 is 48.5 Å². The molecular weight excluding hydrogens is 1540 g/mol. The molecule has 20 bridgehead atoms. The van der Waals surface area contributed by atoms with Crippen LogP contribution in [0.4, 0.5) is 26.3 Å². The highest BCUT2D eigenvalue weighted by molar-refractivity contribution is 5.79. The van der Waals surface area contributed by atoms with Gasteiger partial charge in [0.2, 0.25) is 0 Å². The summed E-state index contributed by atoms with van der Waals surface area (Å²) in [6.45, 7) is 37.4. The van der Waals surface area contributed by atoms with Crippen LogP contribution in [0.5, 0.6) is 0 Å². The van der Waals surface area contributed by atoms with Crippen LogP contribution in [0.3, 0.4) is 0 Å². The maximum Gasteiger partial charge on any atom is 0.426 e. The summed E-state index contributed by atoms with van der Waals surface area (Å²) in [6, 6.07) is 0. The summed E-state index contributed by atoms with van der Waals surface area (Å²) < 4.78 is 118. The number of halogens is 6. The highest BCUT2D eigenvalue weighted by Gasteiger charge is 2.72. The third kappa shape index (κ3) is 19.0. The second kappa shape index (κ2) is 33.5. The Hall–Kier alpha value is -4.25. The van der Waals surface area contributed by atoms with Crippen molar-refractivity contribution >= 4 is 41.8 Å². The summed E-state index contributed by atoms with van der Waals surface area (Å²) in [7, 11) is 0. The Labute approximate surface area is 706 Å². The van der Waals surface area contributed by atoms with E-state index in [1.165, 1.54) is 77.0 Å². The first kappa shape index (κ1) is 93.9. The Kier molecular flexibility index (Phi) is 26.4. The molecule has 1 saturated heterocycles. The Morgan fingerprint density at radius 3 is 1.09 bits per heavy atom. The third-order valence-electron chi connectivity index (χ3n) is 35.2. The lowest BCUT2D eigenvalue weighted by molar-refractivity contribution is -0.373. The molecule has 20 aliphatic carbocycles. The largest absolute Gasteiger partial charge is 0.462 e. The fourth-order valence-electron chi connectivity index (χ4n) is 26.5. The molecular formula is C96H150F6O17. The zero-order valence-electron chi connectivity index (χ0n) is 75.6. The predicted octanol–water partition coefficient (Wildman–Crippen LogP) is 20.6. The summed E-state index contributed by atoms with van der Waals surface area (Å²) in [6.07, 6.45) is 17.9. The second-order valence-electron chi connectivity index (χ2n) is 46.1. The monoisotopic (exact) mass is 1690 g/mol. The average Bonchev–Trinajstić information content (AvgIpc) is 1.71. The molecule has 119 heavy (non-hydrogen) atoms. The first-order chi connectivity index (χ1) is 54.9. The molecule has 0 aromatic rings. The van der Waals surface area contributed by atoms with Crippen molar-refractivity contribution in [2.24, 2.45) is 140 Å². The van der Waals surface area contributed by atoms with E-state index in [9.17, 15) is 75.2 Å². The van der Waals surface area contributed by atoms with Gasteiger partial charge in [0.25, 0.3) is 5.60 Å². The Morgan fingerprint density at radius 1 is 0.429 bits per heavy atom. The molecule has 14 unspecified atom stereocenters. The maximum atomic E-state index is 12.9. The molecule has 23 heteroatoms. The first-order valence-corrected chi connectivity index (χ1v) is 46.8. The van der Waals surface area contributed by atoms with Crippen LogP contribution in [0.25, 0.3) is 0 Å². The van der Waals surface area contributed by atoms with Gasteiger partial charge in [-0.1, -0.05) is 48.5 Å². The minimum Gasteiger partial charge on any atom is -0.462 e. The third-order valence-corrected chi connectivity index (χ3v) is 35.2. The molecule has 17 nitrogen and oxygen atoms in total. The van der Waals surface area contributed by atoms with Crippen molar-refractivity contribution in [1.29, 1.82) is 0 Å². The summed E-state index contributed by atoms with van der Waals surface area (Å²) in [4.78, 5) is 85.3. The van der Waals surface area contributed by atoms with Gasteiger partial charge in [-0.2, -0.15) is 26.3 Å². The normalized spacial score (nSPS) is 41.1. The zero-order chi connectivity index (χ0) is 87.7. The molecule has 3 N–H and O–H groups in total. The molecule has 21 fully saturated rings. The molecule has 14 atom stereocenters. The number of fused-ring (bicyclic) bond motifs is 3. The van der Waals surface area contributed by atoms with Crippen molar-refractivity contribution in [3.05, 3.63) is 0 Å². The Bertz CT molecular complexity index is 3440. The van der Waals surface area contributed by atoms with E-state index in [0.29, 0.717) is 91.3 Å². The quantitative estimate of drug-likeness (QED) is 0.0583. The van der Waals surface area contributed by atoms with Gasteiger partial charge in [-0.3, -0.25) is 33.6 Å². The average molecular weight is 1690 g/mol. The fourth-order valence-corrected chi connectivity index (χ4v) is 26.5. The van der Waals surface area contributed by atoms with Gasteiger partial charge in [-0.15, -0.1) is 0 Å². The SMILES string of the molecule is CCC(C)(C)C(=O)OC1(C)C2CC3CC(C2)CC1C3.CCC(C)(C)C(=O)OC1(C)C2CC3CC(C2)CC1C3.CCC(C)(C)C(=O)OC12CC3CC(CC(O)(C3)C1)C2.CCC(C)(C)C(=O)OC12CC3CC(CC(O)(C3)C1)C2.CCC(C)(C)C(=O)OC1CC2CC(CC(O)(C(F)(F)F)C(F)(F)F)C1C2.CCC(C)C(=O)OC1C2CC3C(=O)OC1C3C2. The van der Waals surface area contributed by atoms with Crippen LogP contribution < -0.4 is 0 Å². The van der Waals surface area contributed by atoms with E-state index in [-0.39, 0.29) is 105 Å². The molecule has 21 rings (SSSR count). The molecule has 1 aliphatic heterocycles. The molecule has 0 radical (unpaired) electrons. The number of carbonyl (C=O) groups excluding carboxylic acids is 7. The van der Waals surface area contributed by atoms with Crippen LogP contribution in [-0.4, -0.2) is 127 Å². The zero-order valence-corrected chi connectivity index (χ0v) is 75.6. The number of aliphatic hydroxyl groups is 3. The van der Waals surface area contributed by atoms with Gasteiger partial charge >= 0.3 is 54.1 Å². The van der Waals surface area contributed by atoms with E-state index < -0.39 is 75.7 Å². The summed E-state index contributed by atoms with van der Waals surface area (Å²) >= 11 is 0. The van der Waals surface area contributed by atoms with Gasteiger partial charge in [-0.25, -0.2) is 0 Å². The van der Waals surface area contributed by atoms with Crippen molar-refractivity contribution in [2.75, 3.05) is 0 Å². The minimum atomic E-state index is -5.82. The van der Waals surface area contributed by atoms with E-state index in [1.54, 1.807) is 20.8 Å². The molecule has 0 amide bonds. The predicted molar refractivity (Wildman–Crippen MR) is 435 cm³/mol. The number of hydrogen-bond donors (Lipinski definition) is 3. The van der Waals surface area contributed by atoms with E-state index in [1.807, 2.05) is 83.1 Å². The lowest BCUT2D eigenvalue weighted by Gasteiger charge is -2.59. The van der Waals surface area contributed by atoms with Crippen LogP contribution >= 0.6 is 0 Å². The second-order valence-corrected chi connectivity index (χ2v) is 46.1. The highest BCUT2D eigenvalue weighted by Crippen LogP contribution is 2.65. The molecule has 0 aromatic carbocycles.